The molecule has 0 aliphatic carbocycles. The molecule has 1 aliphatic rings. The van der Waals surface area contributed by atoms with Crippen LogP contribution >= 0.6 is 0 Å². The van der Waals surface area contributed by atoms with Crippen LogP contribution in [0.4, 0.5) is 0 Å². The summed E-state index contributed by atoms with van der Waals surface area (Å²) in [5.41, 5.74) is 1.58. The summed E-state index contributed by atoms with van der Waals surface area (Å²) in [6, 6.07) is 14.6. The minimum atomic E-state index is -1.40. The van der Waals surface area contributed by atoms with Crippen LogP contribution in [0, 0.1) is 0 Å². The number of hydrogen-bond donors (Lipinski definition) is 0. The van der Waals surface area contributed by atoms with E-state index in [9.17, 15) is 4.79 Å². The summed E-state index contributed by atoms with van der Waals surface area (Å²) in [7, 11) is 3.20. The van der Waals surface area contributed by atoms with Crippen molar-refractivity contribution in [2.45, 2.75) is 19.8 Å². The van der Waals surface area contributed by atoms with Crippen LogP contribution < -0.4 is 9.47 Å². The van der Waals surface area contributed by atoms with Gasteiger partial charge in [0.2, 0.25) is 0 Å². The van der Waals surface area contributed by atoms with E-state index in [1.807, 2.05) is 55.5 Å². The molecule has 2 aromatic carbocycles. The molecule has 0 unspecified atom stereocenters. The summed E-state index contributed by atoms with van der Waals surface area (Å²) < 4.78 is 27.5. The zero-order valence-corrected chi connectivity index (χ0v) is 16.9. The van der Waals surface area contributed by atoms with Gasteiger partial charge in [0.25, 0.3) is 5.78 Å². The smallest absolute Gasteiger partial charge is 0.368 e. The topological polar surface area (TPSA) is 63.2 Å². The monoisotopic (exact) mass is 396 g/mol. The first-order valence-corrected chi connectivity index (χ1v) is 9.24. The second kappa shape index (κ2) is 8.84. The highest BCUT2D eigenvalue weighted by atomic mass is 16.9. The van der Waals surface area contributed by atoms with Crippen LogP contribution in [-0.2, 0) is 19.0 Å². The first-order valence-electron chi connectivity index (χ1n) is 9.24. The van der Waals surface area contributed by atoms with Gasteiger partial charge in [0.1, 0.15) is 11.5 Å². The Morgan fingerprint density at radius 3 is 1.59 bits per heavy atom. The standard InChI is InChI=1S/C23H24O6/c1-5-27-23(2)28-20(14-16-6-10-18(25-3)11-7-16)22(24)21(29-23)15-17-8-12-19(26-4)13-9-17/h6-15H,5H2,1-4H3/b20-14-,21-15-. The molecule has 3 rings (SSSR count). The van der Waals surface area contributed by atoms with Crippen molar-refractivity contribution in [2.24, 2.45) is 0 Å². The summed E-state index contributed by atoms with van der Waals surface area (Å²) in [6.45, 7) is 3.82. The molecule has 0 spiro atoms. The van der Waals surface area contributed by atoms with Crippen LogP contribution in [0.3, 0.4) is 0 Å². The van der Waals surface area contributed by atoms with Crippen LogP contribution in [0.25, 0.3) is 12.2 Å². The van der Waals surface area contributed by atoms with Gasteiger partial charge in [0.05, 0.1) is 20.8 Å². The van der Waals surface area contributed by atoms with E-state index in [0.717, 1.165) is 22.6 Å². The number of carbonyl (C=O) groups excluding carboxylic acids is 1. The average molecular weight is 396 g/mol. The zero-order valence-electron chi connectivity index (χ0n) is 16.9. The van der Waals surface area contributed by atoms with Crippen molar-refractivity contribution >= 4 is 17.9 Å². The fourth-order valence-corrected chi connectivity index (χ4v) is 2.85. The summed E-state index contributed by atoms with van der Waals surface area (Å²) in [4.78, 5) is 13.0. The average Bonchev–Trinajstić information content (AvgIpc) is 2.73. The van der Waals surface area contributed by atoms with Crippen molar-refractivity contribution < 1.29 is 28.5 Å². The molecule has 0 amide bonds. The fraction of sp³-hybridized carbons (Fsp3) is 0.261. The molecular formula is C23H24O6. The highest BCUT2D eigenvalue weighted by Crippen LogP contribution is 2.33. The lowest BCUT2D eigenvalue weighted by molar-refractivity contribution is -0.343. The van der Waals surface area contributed by atoms with E-state index < -0.39 is 5.97 Å². The van der Waals surface area contributed by atoms with E-state index in [0.29, 0.717) is 6.61 Å². The molecule has 29 heavy (non-hydrogen) atoms. The number of rotatable bonds is 6. The normalized spacial score (nSPS) is 21.6. The maximum Gasteiger partial charge on any atom is 0.368 e. The molecule has 2 aromatic rings. The van der Waals surface area contributed by atoms with Gasteiger partial charge in [0.15, 0.2) is 11.5 Å². The summed E-state index contributed by atoms with van der Waals surface area (Å²) >= 11 is 0. The van der Waals surface area contributed by atoms with E-state index in [1.54, 1.807) is 33.3 Å². The van der Waals surface area contributed by atoms with E-state index in [4.69, 9.17) is 23.7 Å². The number of carbonyl (C=O) groups is 1. The van der Waals surface area contributed by atoms with E-state index in [-0.39, 0.29) is 17.3 Å². The number of ether oxygens (including phenoxy) is 5. The van der Waals surface area contributed by atoms with Crippen LogP contribution in [0.2, 0.25) is 0 Å². The zero-order chi connectivity index (χ0) is 20.9. The Balaban J connectivity index is 1.96. The van der Waals surface area contributed by atoms with Gasteiger partial charge in [-0.1, -0.05) is 24.3 Å². The molecule has 1 aliphatic heterocycles. The maximum absolute atomic E-state index is 13.0. The molecule has 1 fully saturated rings. The van der Waals surface area contributed by atoms with Crippen molar-refractivity contribution in [3.8, 4) is 11.5 Å². The minimum absolute atomic E-state index is 0.136. The number of ketones is 1. The lowest BCUT2D eigenvalue weighted by Crippen LogP contribution is -2.42. The second-order valence-electron chi connectivity index (χ2n) is 6.39. The molecule has 0 bridgehead atoms. The molecule has 0 aromatic heterocycles. The maximum atomic E-state index is 13.0. The van der Waals surface area contributed by atoms with Gasteiger partial charge < -0.3 is 23.7 Å². The van der Waals surface area contributed by atoms with Gasteiger partial charge in [-0.15, -0.1) is 0 Å². The molecule has 6 nitrogen and oxygen atoms in total. The first kappa shape index (κ1) is 20.5. The van der Waals surface area contributed by atoms with Crippen LogP contribution in [-0.4, -0.2) is 32.6 Å². The predicted molar refractivity (Wildman–Crippen MR) is 109 cm³/mol. The highest BCUT2D eigenvalue weighted by Gasteiger charge is 2.41. The van der Waals surface area contributed by atoms with Crippen molar-refractivity contribution in [3.05, 3.63) is 71.2 Å². The Kier molecular flexibility index (Phi) is 6.24. The summed E-state index contributed by atoms with van der Waals surface area (Å²) in [5, 5.41) is 0. The predicted octanol–water partition coefficient (Wildman–Crippen LogP) is 4.41. The lowest BCUT2D eigenvalue weighted by atomic mass is 10.1. The van der Waals surface area contributed by atoms with Crippen LogP contribution in [0.5, 0.6) is 11.5 Å². The molecular weight excluding hydrogens is 372 g/mol. The molecule has 1 heterocycles. The van der Waals surface area contributed by atoms with Crippen LogP contribution in [0.15, 0.2) is 60.0 Å². The van der Waals surface area contributed by atoms with Crippen molar-refractivity contribution in [2.75, 3.05) is 20.8 Å². The van der Waals surface area contributed by atoms with Crippen molar-refractivity contribution in [1.29, 1.82) is 0 Å². The van der Waals surface area contributed by atoms with E-state index in [2.05, 4.69) is 0 Å². The summed E-state index contributed by atoms with van der Waals surface area (Å²) in [6.07, 6.45) is 3.31. The van der Waals surface area contributed by atoms with Crippen molar-refractivity contribution in [1.82, 2.24) is 0 Å². The third-order valence-electron chi connectivity index (χ3n) is 4.27. The number of Topliss-reactive ketones (excluding diaryl/α,β-unsaturated/α-hetero) is 1. The summed E-state index contributed by atoms with van der Waals surface area (Å²) in [5.74, 6) is -0.0430. The Bertz CT molecular complexity index is 840. The Morgan fingerprint density at radius 2 is 1.24 bits per heavy atom. The van der Waals surface area contributed by atoms with E-state index >= 15 is 0 Å². The van der Waals surface area contributed by atoms with Gasteiger partial charge in [-0.05, 0) is 54.5 Å². The quantitative estimate of drug-likeness (QED) is 0.674. The molecule has 0 N–H and O–H groups in total. The minimum Gasteiger partial charge on any atom is -0.497 e. The number of methoxy groups -OCH3 is 2. The van der Waals surface area contributed by atoms with Gasteiger partial charge in [-0.2, -0.15) is 0 Å². The fourth-order valence-electron chi connectivity index (χ4n) is 2.85. The van der Waals surface area contributed by atoms with Crippen LogP contribution in [0.1, 0.15) is 25.0 Å². The van der Waals surface area contributed by atoms with Gasteiger partial charge in [-0.3, -0.25) is 4.79 Å². The number of benzene rings is 2. The number of hydrogen-bond acceptors (Lipinski definition) is 6. The van der Waals surface area contributed by atoms with Gasteiger partial charge >= 0.3 is 5.97 Å². The van der Waals surface area contributed by atoms with Gasteiger partial charge in [-0.25, -0.2) is 0 Å². The van der Waals surface area contributed by atoms with Gasteiger partial charge in [0, 0.05) is 6.92 Å². The SMILES string of the molecule is CCOC1(C)O/C(=C\c2ccc(OC)cc2)C(=O)/C(=C/c2ccc(OC)cc2)O1. The first-order chi connectivity index (χ1) is 14.0. The lowest BCUT2D eigenvalue weighted by Gasteiger charge is -2.35. The molecule has 1 saturated heterocycles. The highest BCUT2D eigenvalue weighted by molar-refractivity contribution is 6.11. The van der Waals surface area contributed by atoms with Crippen molar-refractivity contribution in [3.63, 3.8) is 0 Å². The Hall–Kier alpha value is -3.25. The Morgan fingerprint density at radius 1 is 0.828 bits per heavy atom. The second-order valence-corrected chi connectivity index (χ2v) is 6.39. The molecule has 0 atom stereocenters. The molecule has 6 heteroatoms. The molecule has 0 radical (unpaired) electrons. The third kappa shape index (κ3) is 4.97. The Labute approximate surface area is 170 Å². The molecule has 152 valence electrons. The largest absolute Gasteiger partial charge is 0.497 e. The molecule has 0 saturated carbocycles. The van der Waals surface area contributed by atoms with E-state index in [1.165, 1.54) is 0 Å². The third-order valence-corrected chi connectivity index (χ3v) is 4.27.